The molecule has 0 unspecified atom stereocenters. The molecular formula is C22H26N2O5S. The number of nitrogens with one attached hydrogen (secondary N) is 1. The number of thiophene rings is 1. The van der Waals surface area contributed by atoms with Crippen LogP contribution in [0.4, 0.5) is 0 Å². The Labute approximate surface area is 180 Å². The van der Waals surface area contributed by atoms with Crippen LogP contribution in [0.5, 0.6) is 0 Å². The second-order valence-corrected chi connectivity index (χ2v) is 8.30. The molecule has 0 aliphatic carbocycles. The first-order valence-corrected chi connectivity index (χ1v) is 10.8. The average molecular weight is 431 g/mol. The second kappa shape index (κ2) is 10.4. The molecule has 8 heteroatoms. The minimum absolute atomic E-state index is 0.0654. The summed E-state index contributed by atoms with van der Waals surface area (Å²) in [5.74, 6) is -1.25. The predicted molar refractivity (Wildman–Crippen MR) is 113 cm³/mol. The van der Waals surface area contributed by atoms with Crippen molar-refractivity contribution in [2.75, 3.05) is 19.7 Å². The van der Waals surface area contributed by atoms with Crippen molar-refractivity contribution in [2.45, 2.75) is 38.5 Å². The molecular weight excluding hydrogens is 404 g/mol. The highest BCUT2D eigenvalue weighted by Gasteiger charge is 2.28. The number of carbonyl (C=O) groups is 3. The Morgan fingerprint density at radius 2 is 1.83 bits per heavy atom. The van der Waals surface area contributed by atoms with Gasteiger partial charge in [0.05, 0.1) is 17.1 Å². The van der Waals surface area contributed by atoms with E-state index in [1.807, 2.05) is 44.2 Å². The molecule has 1 aliphatic rings. The minimum Gasteiger partial charge on any atom is -0.454 e. The number of nitrogens with zero attached hydrogens (tertiary/aromatic N) is 1. The van der Waals surface area contributed by atoms with Crippen LogP contribution in [-0.4, -0.2) is 60.6 Å². The summed E-state index contributed by atoms with van der Waals surface area (Å²) >= 11 is 1.29. The first kappa shape index (κ1) is 22.0. The third-order valence-corrected chi connectivity index (χ3v) is 5.60. The van der Waals surface area contributed by atoms with Gasteiger partial charge in [-0.3, -0.25) is 9.59 Å². The molecule has 2 heterocycles. The number of rotatable bonds is 7. The molecule has 0 radical (unpaired) electrons. The van der Waals surface area contributed by atoms with Crippen LogP contribution in [0.2, 0.25) is 0 Å². The fourth-order valence-electron chi connectivity index (χ4n) is 3.39. The molecule has 0 bridgehead atoms. The largest absolute Gasteiger partial charge is 0.454 e. The van der Waals surface area contributed by atoms with Crippen LogP contribution in [-0.2, 0) is 25.5 Å². The van der Waals surface area contributed by atoms with Crippen molar-refractivity contribution < 1.29 is 23.9 Å². The Morgan fingerprint density at radius 3 is 2.47 bits per heavy atom. The molecule has 30 heavy (non-hydrogen) atoms. The smallest absolute Gasteiger partial charge is 0.329 e. The summed E-state index contributed by atoms with van der Waals surface area (Å²) in [6, 6.07) is 11.9. The number of hydrogen-bond acceptors (Lipinski definition) is 6. The summed E-state index contributed by atoms with van der Waals surface area (Å²) in [6.45, 7) is 4.36. The van der Waals surface area contributed by atoms with E-state index in [1.165, 1.54) is 11.3 Å². The van der Waals surface area contributed by atoms with E-state index in [0.29, 0.717) is 18.0 Å². The topological polar surface area (TPSA) is 84.9 Å². The molecule has 1 fully saturated rings. The van der Waals surface area contributed by atoms with Crippen molar-refractivity contribution in [1.82, 2.24) is 10.2 Å². The Morgan fingerprint density at radius 1 is 1.13 bits per heavy atom. The van der Waals surface area contributed by atoms with E-state index in [4.69, 9.17) is 9.47 Å². The van der Waals surface area contributed by atoms with E-state index in [-0.39, 0.29) is 37.0 Å². The van der Waals surface area contributed by atoms with E-state index in [9.17, 15) is 14.4 Å². The number of hydrogen-bond donors (Lipinski definition) is 1. The molecule has 3 atom stereocenters. The number of benzene rings is 1. The highest BCUT2D eigenvalue weighted by Crippen LogP contribution is 2.12. The molecule has 1 aromatic carbocycles. The lowest BCUT2D eigenvalue weighted by atomic mass is 10.1. The average Bonchev–Trinajstić information content (AvgIpc) is 3.26. The molecule has 1 saturated heterocycles. The minimum atomic E-state index is -0.891. The van der Waals surface area contributed by atoms with Crippen molar-refractivity contribution in [3.63, 3.8) is 0 Å². The van der Waals surface area contributed by atoms with Gasteiger partial charge in [0.25, 0.3) is 11.8 Å². The molecule has 1 aromatic heterocycles. The Kier molecular flexibility index (Phi) is 7.59. The normalized spacial score (nSPS) is 19.7. The molecule has 2 amide bonds. The van der Waals surface area contributed by atoms with Crippen LogP contribution in [0.1, 0.15) is 29.1 Å². The van der Waals surface area contributed by atoms with Crippen LogP contribution >= 0.6 is 11.3 Å². The zero-order chi connectivity index (χ0) is 21.5. The van der Waals surface area contributed by atoms with Gasteiger partial charge in [0.15, 0.2) is 6.61 Å². The van der Waals surface area contributed by atoms with Gasteiger partial charge in [0.1, 0.15) is 6.04 Å². The molecule has 1 aliphatic heterocycles. The van der Waals surface area contributed by atoms with Crippen LogP contribution in [0.25, 0.3) is 0 Å². The lowest BCUT2D eigenvalue weighted by Gasteiger charge is -2.35. The maximum absolute atomic E-state index is 12.7. The van der Waals surface area contributed by atoms with Crippen molar-refractivity contribution in [3.8, 4) is 0 Å². The predicted octanol–water partition coefficient (Wildman–Crippen LogP) is 2.27. The van der Waals surface area contributed by atoms with Crippen LogP contribution in [0, 0.1) is 0 Å². The van der Waals surface area contributed by atoms with E-state index in [2.05, 4.69) is 5.32 Å². The summed E-state index contributed by atoms with van der Waals surface area (Å²) in [6.07, 6.45) is 0.144. The molecule has 0 spiro atoms. The first-order chi connectivity index (χ1) is 14.4. The number of amides is 2. The van der Waals surface area contributed by atoms with E-state index in [0.717, 1.165) is 5.56 Å². The van der Waals surface area contributed by atoms with E-state index in [1.54, 1.807) is 22.4 Å². The van der Waals surface area contributed by atoms with Crippen LogP contribution in [0.15, 0.2) is 47.8 Å². The van der Waals surface area contributed by atoms with E-state index < -0.39 is 12.0 Å². The maximum atomic E-state index is 12.7. The summed E-state index contributed by atoms with van der Waals surface area (Å²) < 4.78 is 10.9. The highest BCUT2D eigenvalue weighted by molar-refractivity contribution is 7.12. The summed E-state index contributed by atoms with van der Waals surface area (Å²) in [5, 5.41) is 4.53. The zero-order valence-corrected chi connectivity index (χ0v) is 17.9. The maximum Gasteiger partial charge on any atom is 0.329 e. The first-order valence-electron chi connectivity index (χ1n) is 9.90. The van der Waals surface area contributed by atoms with Crippen molar-refractivity contribution >= 4 is 29.1 Å². The number of carbonyl (C=O) groups excluding carboxylic acids is 3. The van der Waals surface area contributed by atoms with Crippen molar-refractivity contribution in [3.05, 3.63) is 58.3 Å². The lowest BCUT2D eigenvalue weighted by Crippen LogP contribution is -2.50. The fourth-order valence-corrected chi connectivity index (χ4v) is 4.01. The molecule has 2 aromatic rings. The molecule has 1 N–H and O–H groups in total. The van der Waals surface area contributed by atoms with Gasteiger partial charge in [0, 0.05) is 19.5 Å². The molecule has 160 valence electrons. The summed E-state index contributed by atoms with van der Waals surface area (Å²) in [7, 11) is 0. The van der Waals surface area contributed by atoms with Crippen molar-refractivity contribution in [2.24, 2.45) is 0 Å². The number of morpholine rings is 1. The molecule has 3 rings (SSSR count). The molecule has 7 nitrogen and oxygen atoms in total. The summed E-state index contributed by atoms with van der Waals surface area (Å²) in [5.41, 5.74) is 0.882. The van der Waals surface area contributed by atoms with Gasteiger partial charge < -0.3 is 19.7 Å². The van der Waals surface area contributed by atoms with Crippen molar-refractivity contribution in [1.29, 1.82) is 0 Å². The Bertz CT molecular complexity index is 846. The number of ether oxygens (including phenoxy) is 2. The quantitative estimate of drug-likeness (QED) is 0.681. The monoisotopic (exact) mass is 430 g/mol. The van der Waals surface area contributed by atoms with Gasteiger partial charge in [0.2, 0.25) is 0 Å². The standard InChI is InChI=1S/C22H26N2O5S/c1-15-12-24(13-16(2)29-15)20(25)14-28-22(27)18(11-17-7-4-3-5-8-17)23-21(26)19-9-6-10-30-19/h3-10,15-16,18H,11-14H2,1-2H3,(H,23,26)/t15-,16-,18+/m1/s1. The summed E-state index contributed by atoms with van der Waals surface area (Å²) in [4.78, 5) is 39.9. The Balaban J connectivity index is 1.62. The van der Waals surface area contributed by atoms with Crippen LogP contribution < -0.4 is 5.32 Å². The van der Waals surface area contributed by atoms with Crippen LogP contribution in [0.3, 0.4) is 0 Å². The van der Waals surface area contributed by atoms with Gasteiger partial charge >= 0.3 is 5.97 Å². The van der Waals surface area contributed by atoms with Gasteiger partial charge in [-0.05, 0) is 30.9 Å². The second-order valence-electron chi connectivity index (χ2n) is 7.36. The van der Waals surface area contributed by atoms with Gasteiger partial charge in [-0.15, -0.1) is 11.3 Å². The third kappa shape index (κ3) is 6.14. The SMILES string of the molecule is C[C@@H]1CN(C(=O)COC(=O)[C@H](Cc2ccccc2)NC(=O)c2cccs2)C[C@@H](C)O1. The van der Waals surface area contributed by atoms with Gasteiger partial charge in [-0.25, -0.2) is 4.79 Å². The number of esters is 1. The van der Waals surface area contributed by atoms with Gasteiger partial charge in [-0.1, -0.05) is 36.4 Å². The lowest BCUT2D eigenvalue weighted by molar-refractivity contribution is -0.158. The molecule has 0 saturated carbocycles. The zero-order valence-electron chi connectivity index (χ0n) is 17.1. The van der Waals surface area contributed by atoms with E-state index >= 15 is 0 Å². The Hall–Kier alpha value is -2.71. The highest BCUT2D eigenvalue weighted by atomic mass is 32.1. The third-order valence-electron chi connectivity index (χ3n) is 4.73. The van der Waals surface area contributed by atoms with Gasteiger partial charge in [-0.2, -0.15) is 0 Å². The fraction of sp³-hybridized carbons (Fsp3) is 0.409.